The number of hydrogen-bond acceptors (Lipinski definition) is 4. The molecule has 1 N–H and O–H groups in total. The van der Waals surface area contributed by atoms with Crippen LogP contribution < -0.4 is 5.32 Å². The number of benzene rings is 2. The number of aromatic nitrogens is 1. The highest BCUT2D eigenvalue weighted by molar-refractivity contribution is 5.98. The predicted molar refractivity (Wildman–Crippen MR) is 113 cm³/mol. The minimum Gasteiger partial charge on any atom is -0.352 e. The fourth-order valence-electron chi connectivity index (χ4n) is 3.98. The number of carbonyl (C=O) groups is 2. The average Bonchev–Trinajstić information content (AvgIpc) is 3.17. The van der Waals surface area contributed by atoms with Crippen LogP contribution >= 0.6 is 0 Å². The second-order valence-electron chi connectivity index (χ2n) is 8.49. The summed E-state index contributed by atoms with van der Waals surface area (Å²) >= 11 is 0. The second-order valence-corrected chi connectivity index (χ2v) is 8.49. The van der Waals surface area contributed by atoms with Crippen LogP contribution in [0.5, 0.6) is 0 Å². The van der Waals surface area contributed by atoms with Gasteiger partial charge in [-0.1, -0.05) is 37.2 Å². The van der Waals surface area contributed by atoms with Crippen molar-refractivity contribution in [3.05, 3.63) is 77.0 Å². The molecule has 1 aromatic heterocycles. The first kappa shape index (κ1) is 23.5. The van der Waals surface area contributed by atoms with Gasteiger partial charge in [0.15, 0.2) is 11.6 Å². The number of rotatable bonds is 5. The molecule has 2 aromatic carbocycles. The first-order valence-electron chi connectivity index (χ1n) is 10.6. The lowest BCUT2D eigenvalue weighted by Gasteiger charge is -2.40. The maximum atomic E-state index is 15.1. The smallest absolute Gasteiger partial charge is 0.279 e. The molecule has 2 amide bonds. The van der Waals surface area contributed by atoms with Crippen LogP contribution in [-0.4, -0.2) is 34.5 Å². The Morgan fingerprint density at radius 3 is 2.53 bits per heavy atom. The van der Waals surface area contributed by atoms with Gasteiger partial charge in [0.2, 0.25) is 23.2 Å². The summed E-state index contributed by atoms with van der Waals surface area (Å²) in [4.78, 5) is 27.4. The minimum atomic E-state index is -1.22. The molecule has 1 saturated heterocycles. The van der Waals surface area contributed by atoms with Crippen molar-refractivity contribution < 1.29 is 31.7 Å². The van der Waals surface area contributed by atoms with E-state index in [0.717, 1.165) is 23.1 Å². The monoisotopic (exact) mass is 475 g/mol. The standard InChI is InChI=1S/C24H21F4N3O3/c1-12(2)9-19-23(32)29-18(14-5-3-4-6-15(14)25)11-31(19)24(33)21-20(28)22(34-30-21)13-7-8-16(26)17(27)10-13/h3-8,10,12,18-19H,9,11H2,1-2H3,(H,29,32)/t18-,19+/m1/s1. The highest BCUT2D eigenvalue weighted by atomic mass is 19.2. The van der Waals surface area contributed by atoms with Crippen molar-refractivity contribution in [1.82, 2.24) is 15.4 Å². The average molecular weight is 475 g/mol. The lowest BCUT2D eigenvalue weighted by Crippen LogP contribution is -2.59. The summed E-state index contributed by atoms with van der Waals surface area (Å²) in [5.41, 5.74) is -0.683. The van der Waals surface area contributed by atoms with Crippen LogP contribution in [0, 0.1) is 29.2 Å². The first-order chi connectivity index (χ1) is 16.2. The lowest BCUT2D eigenvalue weighted by atomic mass is 9.95. The van der Waals surface area contributed by atoms with E-state index < -0.39 is 58.6 Å². The third kappa shape index (κ3) is 4.40. The van der Waals surface area contributed by atoms with Gasteiger partial charge in [-0.3, -0.25) is 9.59 Å². The van der Waals surface area contributed by atoms with Crippen molar-refractivity contribution in [2.75, 3.05) is 6.54 Å². The van der Waals surface area contributed by atoms with Crippen LogP contribution in [0.15, 0.2) is 47.0 Å². The van der Waals surface area contributed by atoms with Gasteiger partial charge in [0.1, 0.15) is 11.9 Å². The number of nitrogens with one attached hydrogen (secondary N) is 1. The first-order valence-corrected chi connectivity index (χ1v) is 10.6. The molecule has 34 heavy (non-hydrogen) atoms. The molecule has 4 rings (SSSR count). The van der Waals surface area contributed by atoms with Crippen LogP contribution in [-0.2, 0) is 4.79 Å². The summed E-state index contributed by atoms with van der Waals surface area (Å²) < 4.78 is 61.3. The molecule has 3 aromatic rings. The molecule has 1 aliphatic heterocycles. The molecule has 1 fully saturated rings. The third-order valence-electron chi connectivity index (χ3n) is 5.63. The number of hydrogen-bond donors (Lipinski definition) is 1. The summed E-state index contributed by atoms with van der Waals surface area (Å²) in [6.07, 6.45) is 0.275. The van der Waals surface area contributed by atoms with Gasteiger partial charge in [-0.15, -0.1) is 0 Å². The number of carbonyl (C=O) groups excluding carboxylic acids is 2. The van der Waals surface area contributed by atoms with E-state index in [-0.39, 0.29) is 30.0 Å². The largest absolute Gasteiger partial charge is 0.352 e. The molecule has 0 spiro atoms. The van der Waals surface area contributed by atoms with E-state index in [1.54, 1.807) is 6.07 Å². The second kappa shape index (κ2) is 9.28. The zero-order valence-corrected chi connectivity index (χ0v) is 18.3. The molecule has 10 heteroatoms. The van der Waals surface area contributed by atoms with E-state index >= 15 is 4.39 Å². The van der Waals surface area contributed by atoms with Gasteiger partial charge < -0.3 is 14.7 Å². The fourth-order valence-corrected chi connectivity index (χ4v) is 3.98. The highest BCUT2D eigenvalue weighted by Gasteiger charge is 2.41. The van der Waals surface area contributed by atoms with Crippen LogP contribution in [0.4, 0.5) is 17.6 Å². The van der Waals surface area contributed by atoms with Crippen molar-refractivity contribution >= 4 is 11.8 Å². The van der Waals surface area contributed by atoms with Crippen LogP contribution in [0.3, 0.4) is 0 Å². The Morgan fingerprint density at radius 1 is 1.12 bits per heavy atom. The Morgan fingerprint density at radius 2 is 1.85 bits per heavy atom. The van der Waals surface area contributed by atoms with Gasteiger partial charge in [0.25, 0.3) is 5.91 Å². The molecule has 0 radical (unpaired) electrons. The summed E-state index contributed by atoms with van der Waals surface area (Å²) in [6.45, 7) is 3.59. The summed E-state index contributed by atoms with van der Waals surface area (Å²) in [5.74, 6) is -6.06. The van der Waals surface area contributed by atoms with Crippen molar-refractivity contribution in [2.24, 2.45) is 5.92 Å². The zero-order chi connectivity index (χ0) is 24.6. The van der Waals surface area contributed by atoms with E-state index in [2.05, 4.69) is 10.5 Å². The maximum absolute atomic E-state index is 15.1. The lowest BCUT2D eigenvalue weighted by molar-refractivity contribution is -0.130. The van der Waals surface area contributed by atoms with E-state index in [1.807, 2.05) is 13.8 Å². The molecule has 1 aliphatic rings. The fraction of sp³-hybridized carbons (Fsp3) is 0.292. The number of halogens is 4. The Kier molecular flexibility index (Phi) is 6.41. The van der Waals surface area contributed by atoms with Crippen molar-refractivity contribution in [3.63, 3.8) is 0 Å². The Bertz CT molecular complexity index is 1240. The van der Waals surface area contributed by atoms with E-state index in [1.165, 1.54) is 18.2 Å². The van der Waals surface area contributed by atoms with Gasteiger partial charge in [0, 0.05) is 17.7 Å². The summed E-state index contributed by atoms with van der Waals surface area (Å²) in [7, 11) is 0. The van der Waals surface area contributed by atoms with Crippen molar-refractivity contribution in [2.45, 2.75) is 32.4 Å². The van der Waals surface area contributed by atoms with Gasteiger partial charge in [-0.25, -0.2) is 13.2 Å². The van der Waals surface area contributed by atoms with Gasteiger partial charge in [-0.05, 0) is 36.6 Å². The van der Waals surface area contributed by atoms with Crippen molar-refractivity contribution in [1.29, 1.82) is 0 Å². The van der Waals surface area contributed by atoms with Gasteiger partial charge >= 0.3 is 0 Å². The molecule has 0 bridgehead atoms. The molecule has 0 aliphatic carbocycles. The quantitative estimate of drug-likeness (QED) is 0.547. The molecule has 178 valence electrons. The van der Waals surface area contributed by atoms with Gasteiger partial charge in [-0.2, -0.15) is 4.39 Å². The SMILES string of the molecule is CC(C)C[C@H]1C(=O)N[C@@H](c2ccccc2F)CN1C(=O)c1noc(-c2ccc(F)c(F)c2)c1F. The zero-order valence-electron chi connectivity index (χ0n) is 18.3. The van der Waals surface area contributed by atoms with Crippen LogP contribution in [0.2, 0.25) is 0 Å². The summed E-state index contributed by atoms with van der Waals surface area (Å²) in [5, 5.41) is 6.24. The Labute approximate surface area is 192 Å². The molecular formula is C24H21F4N3O3. The number of piperazine rings is 1. The third-order valence-corrected chi connectivity index (χ3v) is 5.63. The van der Waals surface area contributed by atoms with Crippen LogP contribution in [0.25, 0.3) is 11.3 Å². The molecule has 2 atom stereocenters. The minimum absolute atomic E-state index is 0.0102. The summed E-state index contributed by atoms with van der Waals surface area (Å²) in [6, 6.07) is 6.61. The van der Waals surface area contributed by atoms with Gasteiger partial charge in [0.05, 0.1) is 6.04 Å². The topological polar surface area (TPSA) is 75.4 Å². The van der Waals surface area contributed by atoms with E-state index in [9.17, 15) is 22.8 Å². The van der Waals surface area contributed by atoms with E-state index in [4.69, 9.17) is 4.52 Å². The molecule has 0 saturated carbocycles. The Hall–Kier alpha value is -3.69. The molecule has 0 unspecified atom stereocenters. The van der Waals surface area contributed by atoms with E-state index in [0.29, 0.717) is 0 Å². The van der Waals surface area contributed by atoms with Crippen molar-refractivity contribution in [3.8, 4) is 11.3 Å². The molecular weight excluding hydrogens is 454 g/mol. The highest BCUT2D eigenvalue weighted by Crippen LogP contribution is 2.30. The van der Waals surface area contributed by atoms with Crippen LogP contribution in [0.1, 0.15) is 42.4 Å². The Balaban J connectivity index is 1.70. The number of nitrogens with zero attached hydrogens (tertiary/aromatic N) is 2. The maximum Gasteiger partial charge on any atom is 0.279 e. The normalized spacial score (nSPS) is 18.3. The molecule has 2 heterocycles. The predicted octanol–water partition coefficient (Wildman–Crippen LogP) is 4.63. The number of amides is 2. The molecule has 6 nitrogen and oxygen atoms in total.